The van der Waals surface area contributed by atoms with Crippen molar-refractivity contribution in [2.24, 2.45) is 5.73 Å². The van der Waals surface area contributed by atoms with Gasteiger partial charge in [0.2, 0.25) is 0 Å². The van der Waals surface area contributed by atoms with Gasteiger partial charge in [0.15, 0.2) is 0 Å². The molecule has 0 fully saturated rings. The zero-order valence-electron chi connectivity index (χ0n) is 14.3. The van der Waals surface area contributed by atoms with Crippen LogP contribution < -0.4 is 5.73 Å². The van der Waals surface area contributed by atoms with Crippen LogP contribution in [0.1, 0.15) is 16.7 Å². The molecule has 0 bridgehead atoms. The van der Waals surface area contributed by atoms with Gasteiger partial charge < -0.3 is 10.7 Å². The molecule has 4 aromatic rings. The molecule has 0 saturated heterocycles. The molecule has 0 spiro atoms. The summed E-state index contributed by atoms with van der Waals surface area (Å²) in [7, 11) is 0. The minimum atomic E-state index is -0.0777. The summed E-state index contributed by atoms with van der Waals surface area (Å²) in [6.07, 6.45) is 7.25. The molecular weight excluding hydrogens is 322 g/mol. The summed E-state index contributed by atoms with van der Waals surface area (Å²) in [5, 5.41) is 0.980. The fourth-order valence-corrected chi connectivity index (χ4v) is 4.13. The smallest absolute Gasteiger partial charge is 0.141 e. The van der Waals surface area contributed by atoms with Crippen molar-refractivity contribution in [3.8, 4) is 11.4 Å². The topological polar surface area (TPSA) is 80.5 Å². The molecule has 0 amide bonds. The van der Waals surface area contributed by atoms with Gasteiger partial charge in [0.25, 0.3) is 0 Å². The van der Waals surface area contributed by atoms with Crippen molar-refractivity contribution in [3.63, 3.8) is 0 Å². The molecule has 0 atom stereocenters. The van der Waals surface area contributed by atoms with Crippen LogP contribution in [0.3, 0.4) is 0 Å². The number of H-pyrrole nitrogens is 1. The van der Waals surface area contributed by atoms with E-state index in [2.05, 4.69) is 56.3 Å². The van der Waals surface area contributed by atoms with E-state index in [4.69, 9.17) is 5.73 Å². The first-order valence-corrected chi connectivity index (χ1v) is 8.81. The number of nitrogens with zero attached hydrogens (tertiary/aromatic N) is 3. The van der Waals surface area contributed by atoms with E-state index in [1.807, 2.05) is 18.5 Å². The van der Waals surface area contributed by atoms with Gasteiger partial charge in [-0.1, -0.05) is 24.3 Å². The molecule has 5 rings (SSSR count). The monoisotopic (exact) mass is 341 g/mol. The summed E-state index contributed by atoms with van der Waals surface area (Å²) in [6.45, 7) is 0.606. The van der Waals surface area contributed by atoms with E-state index in [1.165, 1.54) is 16.7 Å². The average Bonchev–Trinajstić information content (AvgIpc) is 3.32. The number of benzene rings is 1. The third kappa shape index (κ3) is 2.24. The van der Waals surface area contributed by atoms with Gasteiger partial charge in [0.05, 0.1) is 5.69 Å². The zero-order chi connectivity index (χ0) is 17.6. The predicted molar refractivity (Wildman–Crippen MR) is 102 cm³/mol. The summed E-state index contributed by atoms with van der Waals surface area (Å²) in [4.78, 5) is 16.5. The van der Waals surface area contributed by atoms with E-state index in [-0.39, 0.29) is 5.41 Å². The maximum Gasteiger partial charge on any atom is 0.141 e. The van der Waals surface area contributed by atoms with Gasteiger partial charge in [0, 0.05) is 29.7 Å². The first-order chi connectivity index (χ1) is 12.8. The van der Waals surface area contributed by atoms with Gasteiger partial charge >= 0.3 is 0 Å². The lowest BCUT2D eigenvalue weighted by Gasteiger charge is -2.28. The summed E-state index contributed by atoms with van der Waals surface area (Å²) in [6, 6.07) is 14.9. The van der Waals surface area contributed by atoms with Crippen molar-refractivity contribution < 1.29 is 0 Å². The Morgan fingerprint density at radius 3 is 2.58 bits per heavy atom. The van der Waals surface area contributed by atoms with Crippen LogP contribution in [-0.2, 0) is 18.3 Å². The van der Waals surface area contributed by atoms with Crippen LogP contribution >= 0.6 is 0 Å². The lowest BCUT2D eigenvalue weighted by Crippen LogP contribution is -2.36. The SMILES string of the molecule is NCC1(c2ccnc(-c3ncnc4[nH]ccc34)c2)Cc2ccccc2C1. The Balaban J connectivity index is 1.61. The van der Waals surface area contributed by atoms with Gasteiger partial charge in [-0.05, 0) is 47.7 Å². The summed E-state index contributed by atoms with van der Waals surface area (Å²) in [5.41, 5.74) is 12.8. The number of nitrogens with one attached hydrogen (secondary N) is 1. The van der Waals surface area contributed by atoms with E-state index < -0.39 is 0 Å². The largest absolute Gasteiger partial charge is 0.346 e. The molecular formula is C21H19N5. The Bertz CT molecular complexity index is 1070. The number of fused-ring (bicyclic) bond motifs is 2. The molecule has 3 N–H and O–H groups in total. The molecule has 5 heteroatoms. The van der Waals surface area contributed by atoms with Crippen LogP contribution in [0.5, 0.6) is 0 Å². The van der Waals surface area contributed by atoms with Gasteiger partial charge in [-0.15, -0.1) is 0 Å². The summed E-state index contributed by atoms with van der Waals surface area (Å²) in [5.74, 6) is 0. The highest BCUT2D eigenvalue weighted by atomic mass is 14.9. The molecule has 1 aliphatic rings. The Labute approximate surface area is 151 Å². The standard InChI is InChI=1S/C21H19N5/c22-12-21(10-14-3-1-2-4-15(14)11-21)16-5-7-23-18(9-16)19-17-6-8-24-20(17)26-13-25-19/h1-9,13H,10-12,22H2,(H,24,25,26). The van der Waals surface area contributed by atoms with Crippen LogP contribution in [0.4, 0.5) is 0 Å². The Morgan fingerprint density at radius 1 is 1.00 bits per heavy atom. The average molecular weight is 341 g/mol. The Kier molecular flexibility index (Phi) is 3.36. The number of rotatable bonds is 3. The highest BCUT2D eigenvalue weighted by Gasteiger charge is 2.37. The van der Waals surface area contributed by atoms with E-state index in [0.29, 0.717) is 6.54 Å². The fourth-order valence-electron chi connectivity index (χ4n) is 4.13. The number of aromatic nitrogens is 4. The summed E-state index contributed by atoms with van der Waals surface area (Å²) < 4.78 is 0. The highest BCUT2D eigenvalue weighted by molar-refractivity contribution is 5.89. The molecule has 5 nitrogen and oxygen atoms in total. The van der Waals surface area contributed by atoms with Crippen LogP contribution in [0, 0.1) is 0 Å². The number of hydrogen-bond acceptors (Lipinski definition) is 4. The van der Waals surface area contributed by atoms with Gasteiger partial charge in [-0.25, -0.2) is 9.97 Å². The van der Waals surface area contributed by atoms with Crippen LogP contribution in [0.2, 0.25) is 0 Å². The van der Waals surface area contributed by atoms with Crippen molar-refractivity contribution >= 4 is 11.0 Å². The normalized spacial score (nSPS) is 15.3. The van der Waals surface area contributed by atoms with Crippen LogP contribution in [-0.4, -0.2) is 26.5 Å². The number of aromatic amines is 1. The molecule has 26 heavy (non-hydrogen) atoms. The van der Waals surface area contributed by atoms with E-state index in [0.717, 1.165) is 35.3 Å². The number of pyridine rings is 1. The molecule has 0 unspecified atom stereocenters. The van der Waals surface area contributed by atoms with Gasteiger partial charge in [-0.3, -0.25) is 4.98 Å². The second kappa shape index (κ2) is 5.75. The third-order valence-corrected chi connectivity index (χ3v) is 5.54. The third-order valence-electron chi connectivity index (χ3n) is 5.54. The van der Waals surface area contributed by atoms with Crippen molar-refractivity contribution in [3.05, 3.63) is 77.9 Å². The van der Waals surface area contributed by atoms with Crippen molar-refractivity contribution in [1.82, 2.24) is 19.9 Å². The first kappa shape index (κ1) is 15.2. The first-order valence-electron chi connectivity index (χ1n) is 8.81. The maximum absolute atomic E-state index is 6.29. The molecule has 3 heterocycles. The van der Waals surface area contributed by atoms with Crippen LogP contribution in [0.25, 0.3) is 22.4 Å². The van der Waals surface area contributed by atoms with E-state index in [1.54, 1.807) is 6.33 Å². The zero-order valence-corrected chi connectivity index (χ0v) is 14.3. The molecule has 0 aliphatic heterocycles. The number of hydrogen-bond donors (Lipinski definition) is 2. The van der Waals surface area contributed by atoms with Crippen LogP contribution in [0.15, 0.2) is 61.2 Å². The second-order valence-electron chi connectivity index (χ2n) is 7.00. The van der Waals surface area contributed by atoms with Gasteiger partial charge in [-0.2, -0.15) is 0 Å². The van der Waals surface area contributed by atoms with Crippen molar-refractivity contribution in [2.45, 2.75) is 18.3 Å². The lowest BCUT2D eigenvalue weighted by atomic mass is 9.78. The molecule has 0 radical (unpaired) electrons. The molecule has 1 aliphatic carbocycles. The molecule has 0 saturated carbocycles. The van der Waals surface area contributed by atoms with Crippen molar-refractivity contribution in [1.29, 1.82) is 0 Å². The predicted octanol–water partition coefficient (Wildman–Crippen LogP) is 3.02. The Hall–Kier alpha value is -3.05. The lowest BCUT2D eigenvalue weighted by molar-refractivity contribution is 0.463. The maximum atomic E-state index is 6.29. The quantitative estimate of drug-likeness (QED) is 0.600. The van der Waals surface area contributed by atoms with Crippen molar-refractivity contribution in [2.75, 3.05) is 6.54 Å². The molecule has 3 aromatic heterocycles. The van der Waals surface area contributed by atoms with Gasteiger partial charge in [0.1, 0.15) is 17.7 Å². The Morgan fingerprint density at radius 2 is 1.81 bits per heavy atom. The molecule has 1 aromatic carbocycles. The van der Waals surface area contributed by atoms with E-state index in [9.17, 15) is 0 Å². The second-order valence-corrected chi connectivity index (χ2v) is 7.00. The number of nitrogens with two attached hydrogens (primary N) is 1. The fraction of sp³-hybridized carbons (Fsp3) is 0.190. The molecule has 128 valence electrons. The highest BCUT2D eigenvalue weighted by Crippen LogP contribution is 2.40. The minimum Gasteiger partial charge on any atom is -0.346 e. The van der Waals surface area contributed by atoms with E-state index >= 15 is 0 Å². The summed E-state index contributed by atoms with van der Waals surface area (Å²) >= 11 is 0. The minimum absolute atomic E-state index is 0.0777.